The molecule has 0 radical (unpaired) electrons. The molecule has 4 unspecified atom stereocenters. The Labute approximate surface area is 60.0 Å². The lowest BCUT2D eigenvalue weighted by Gasteiger charge is -2.55. The molecule has 0 aromatic heterocycles. The summed E-state index contributed by atoms with van der Waals surface area (Å²) in [5.74, 6) is 3.26. The highest BCUT2D eigenvalue weighted by Gasteiger charge is 2.60. The van der Waals surface area contributed by atoms with E-state index in [0.29, 0.717) is 11.8 Å². The smallest absolute Gasteiger partial charge is 0.223 e. The van der Waals surface area contributed by atoms with Crippen LogP contribution < -0.4 is 5.32 Å². The first-order chi connectivity index (χ1) is 4.88. The summed E-state index contributed by atoms with van der Waals surface area (Å²) in [7, 11) is 0. The first kappa shape index (κ1) is 5.16. The molecule has 3 rings (SSSR count). The fourth-order valence-corrected chi connectivity index (χ4v) is 2.97. The molecule has 2 nitrogen and oxygen atoms in total. The van der Waals surface area contributed by atoms with Crippen molar-refractivity contribution in [2.24, 2.45) is 23.7 Å². The predicted molar refractivity (Wildman–Crippen MR) is 36.2 cm³/mol. The maximum absolute atomic E-state index is 11.1. The fraction of sp³-hybridized carbons (Fsp3) is 0.875. The molecule has 0 aromatic rings. The molecule has 1 saturated heterocycles. The average Bonchev–Trinajstić information content (AvgIpc) is 2.14. The van der Waals surface area contributed by atoms with Crippen LogP contribution in [0.3, 0.4) is 0 Å². The monoisotopic (exact) mass is 137 g/mol. The molecule has 0 bridgehead atoms. The van der Waals surface area contributed by atoms with Gasteiger partial charge in [-0.05, 0) is 30.6 Å². The number of rotatable bonds is 0. The summed E-state index contributed by atoms with van der Waals surface area (Å²) in [4.78, 5) is 11.1. The number of carbonyl (C=O) groups is 1. The Bertz CT molecular complexity index is 201. The van der Waals surface area contributed by atoms with E-state index in [1.54, 1.807) is 0 Å². The molecule has 2 saturated carbocycles. The summed E-state index contributed by atoms with van der Waals surface area (Å²) < 4.78 is 0. The third kappa shape index (κ3) is 0.360. The van der Waals surface area contributed by atoms with E-state index in [2.05, 4.69) is 5.32 Å². The number of hydrogen-bond donors (Lipinski definition) is 1. The van der Waals surface area contributed by atoms with E-state index in [1.165, 1.54) is 12.8 Å². The summed E-state index contributed by atoms with van der Waals surface area (Å²) in [6.07, 6.45) is 2.71. The molecule has 1 amide bonds. The Morgan fingerprint density at radius 2 is 2.00 bits per heavy atom. The van der Waals surface area contributed by atoms with Crippen molar-refractivity contribution in [3.63, 3.8) is 0 Å². The topological polar surface area (TPSA) is 29.1 Å². The SMILES string of the molecule is O=C1NCC2C3CCC3C12. The van der Waals surface area contributed by atoms with Crippen molar-refractivity contribution in [3.8, 4) is 0 Å². The van der Waals surface area contributed by atoms with Crippen LogP contribution in [0.15, 0.2) is 0 Å². The van der Waals surface area contributed by atoms with Crippen LogP contribution in [0.4, 0.5) is 0 Å². The lowest BCUT2D eigenvalue weighted by molar-refractivity contribution is -0.140. The molecule has 54 valence electrons. The van der Waals surface area contributed by atoms with Crippen LogP contribution in [-0.2, 0) is 4.79 Å². The minimum Gasteiger partial charge on any atom is -0.356 e. The molecule has 1 heterocycles. The Morgan fingerprint density at radius 3 is 2.60 bits per heavy atom. The summed E-state index contributed by atoms with van der Waals surface area (Å²) in [6.45, 7) is 0.977. The zero-order valence-corrected chi connectivity index (χ0v) is 5.84. The highest BCUT2D eigenvalue weighted by Crippen LogP contribution is 2.59. The number of fused-ring (bicyclic) bond motifs is 4. The highest BCUT2D eigenvalue weighted by atomic mass is 16.2. The van der Waals surface area contributed by atoms with Gasteiger partial charge in [0.1, 0.15) is 0 Å². The van der Waals surface area contributed by atoms with Crippen LogP contribution in [0.2, 0.25) is 0 Å². The zero-order chi connectivity index (χ0) is 6.72. The first-order valence-corrected chi connectivity index (χ1v) is 4.15. The Hall–Kier alpha value is -0.530. The summed E-state index contributed by atoms with van der Waals surface area (Å²) in [5.41, 5.74) is 0. The summed E-state index contributed by atoms with van der Waals surface area (Å²) in [5, 5.41) is 2.94. The van der Waals surface area contributed by atoms with E-state index in [1.807, 2.05) is 0 Å². The van der Waals surface area contributed by atoms with Gasteiger partial charge in [0.25, 0.3) is 0 Å². The van der Waals surface area contributed by atoms with Gasteiger partial charge in [-0.3, -0.25) is 4.79 Å². The van der Waals surface area contributed by atoms with Crippen LogP contribution in [0.1, 0.15) is 12.8 Å². The summed E-state index contributed by atoms with van der Waals surface area (Å²) in [6, 6.07) is 0. The van der Waals surface area contributed by atoms with Gasteiger partial charge in [0, 0.05) is 12.5 Å². The quantitative estimate of drug-likeness (QED) is 0.514. The van der Waals surface area contributed by atoms with E-state index < -0.39 is 0 Å². The molecule has 2 heteroatoms. The second kappa shape index (κ2) is 1.39. The van der Waals surface area contributed by atoms with Crippen molar-refractivity contribution >= 4 is 5.91 Å². The highest BCUT2D eigenvalue weighted by molar-refractivity contribution is 5.83. The Kier molecular flexibility index (Phi) is 0.715. The number of amides is 1. The molecule has 2 aliphatic carbocycles. The van der Waals surface area contributed by atoms with Crippen molar-refractivity contribution in [3.05, 3.63) is 0 Å². The van der Waals surface area contributed by atoms with Crippen LogP contribution in [0.5, 0.6) is 0 Å². The van der Waals surface area contributed by atoms with Crippen LogP contribution in [0.25, 0.3) is 0 Å². The first-order valence-electron chi connectivity index (χ1n) is 4.15. The van der Waals surface area contributed by atoms with Gasteiger partial charge in [-0.2, -0.15) is 0 Å². The second-order valence-electron chi connectivity index (χ2n) is 3.84. The lowest BCUT2D eigenvalue weighted by atomic mass is 9.48. The van der Waals surface area contributed by atoms with Gasteiger partial charge in [0.05, 0.1) is 0 Å². The minimum atomic E-state index is 0.339. The normalized spacial score (nSPS) is 55.8. The van der Waals surface area contributed by atoms with Gasteiger partial charge in [0.2, 0.25) is 5.91 Å². The second-order valence-corrected chi connectivity index (χ2v) is 3.84. The largest absolute Gasteiger partial charge is 0.356 e. The van der Waals surface area contributed by atoms with Crippen LogP contribution in [-0.4, -0.2) is 12.5 Å². The van der Waals surface area contributed by atoms with Crippen molar-refractivity contribution in [1.29, 1.82) is 0 Å². The molecular formula is C8H11NO. The number of nitrogens with one attached hydrogen (secondary N) is 1. The lowest BCUT2D eigenvalue weighted by Crippen LogP contribution is -2.53. The molecule has 3 fully saturated rings. The Morgan fingerprint density at radius 1 is 1.20 bits per heavy atom. The average molecular weight is 137 g/mol. The van der Waals surface area contributed by atoms with Gasteiger partial charge < -0.3 is 5.32 Å². The van der Waals surface area contributed by atoms with Gasteiger partial charge in [-0.15, -0.1) is 0 Å². The fourth-order valence-electron chi connectivity index (χ4n) is 2.97. The van der Waals surface area contributed by atoms with Crippen molar-refractivity contribution < 1.29 is 4.79 Å². The maximum Gasteiger partial charge on any atom is 0.223 e. The van der Waals surface area contributed by atoms with E-state index in [9.17, 15) is 4.79 Å². The van der Waals surface area contributed by atoms with E-state index >= 15 is 0 Å². The molecule has 1 N–H and O–H groups in total. The Balaban J connectivity index is 1.90. The number of carbonyl (C=O) groups excluding carboxylic acids is 1. The van der Waals surface area contributed by atoms with E-state index in [4.69, 9.17) is 0 Å². The van der Waals surface area contributed by atoms with Crippen LogP contribution >= 0.6 is 0 Å². The van der Waals surface area contributed by atoms with Gasteiger partial charge in [-0.25, -0.2) is 0 Å². The number of hydrogen-bond acceptors (Lipinski definition) is 1. The van der Waals surface area contributed by atoms with Crippen LogP contribution in [0, 0.1) is 23.7 Å². The van der Waals surface area contributed by atoms with E-state index in [-0.39, 0.29) is 0 Å². The molecule has 0 spiro atoms. The molecule has 1 aliphatic heterocycles. The minimum absolute atomic E-state index is 0.339. The molecular weight excluding hydrogens is 126 g/mol. The summed E-state index contributed by atoms with van der Waals surface area (Å²) >= 11 is 0. The van der Waals surface area contributed by atoms with Gasteiger partial charge >= 0.3 is 0 Å². The zero-order valence-electron chi connectivity index (χ0n) is 5.84. The van der Waals surface area contributed by atoms with Crippen molar-refractivity contribution in [2.45, 2.75) is 12.8 Å². The van der Waals surface area contributed by atoms with Gasteiger partial charge in [0.15, 0.2) is 0 Å². The van der Waals surface area contributed by atoms with E-state index in [0.717, 1.165) is 24.3 Å². The standard InChI is InChI=1S/C8H11NO/c10-8-7-5-2-1-4(5)6(7)3-9-8/h4-7H,1-3H2,(H,9,10). The van der Waals surface area contributed by atoms with Crippen molar-refractivity contribution in [2.75, 3.05) is 6.54 Å². The molecule has 3 aliphatic rings. The third-order valence-corrected chi connectivity index (χ3v) is 3.67. The molecule has 10 heavy (non-hydrogen) atoms. The van der Waals surface area contributed by atoms with Crippen molar-refractivity contribution in [1.82, 2.24) is 5.32 Å². The van der Waals surface area contributed by atoms with Gasteiger partial charge in [-0.1, -0.05) is 0 Å². The molecule has 4 atom stereocenters. The third-order valence-electron chi connectivity index (χ3n) is 3.67. The molecule has 0 aromatic carbocycles. The maximum atomic E-state index is 11.1. The predicted octanol–water partition coefficient (Wildman–Crippen LogP) is 0.388.